The van der Waals surface area contributed by atoms with Gasteiger partial charge in [0.2, 0.25) is 0 Å². The van der Waals surface area contributed by atoms with Gasteiger partial charge in [0.1, 0.15) is 0 Å². The predicted octanol–water partition coefficient (Wildman–Crippen LogP) is 1.42. The van der Waals surface area contributed by atoms with E-state index in [4.69, 9.17) is 0 Å². The maximum Gasteiger partial charge on any atom is 0.0956 e. The van der Waals surface area contributed by atoms with Gasteiger partial charge in [0.15, 0.2) is 0 Å². The Morgan fingerprint density at radius 1 is 1.56 bits per heavy atom. The monoisotopic (exact) mass is 128 g/mol. The number of unbranched alkanes of at least 4 members (excludes halogenated alkanes) is 1. The lowest BCUT2D eigenvalue weighted by molar-refractivity contribution is 0.817. The van der Waals surface area contributed by atoms with Crippen molar-refractivity contribution in [3.63, 3.8) is 0 Å². The summed E-state index contributed by atoms with van der Waals surface area (Å²) < 4.78 is 0. The zero-order valence-corrected chi connectivity index (χ0v) is 6.57. The molecule has 0 aliphatic heterocycles. The number of hydrogen-bond acceptors (Lipinski definition) is 1. The van der Waals surface area contributed by atoms with E-state index in [1.165, 1.54) is 12.8 Å². The topological polar surface area (TPSA) is 24.4 Å². The number of nitrogens with zero attached hydrogens (tertiary/aromatic N) is 1. The number of amidine groups is 1. The van der Waals surface area contributed by atoms with Crippen molar-refractivity contribution in [1.29, 1.82) is 0 Å². The zero-order chi connectivity index (χ0) is 7.11. The largest absolute Gasteiger partial charge is 0.377 e. The average molecular weight is 128 g/mol. The van der Waals surface area contributed by atoms with Crippen molar-refractivity contribution in [2.24, 2.45) is 4.99 Å². The third-order valence-corrected chi connectivity index (χ3v) is 1.33. The van der Waals surface area contributed by atoms with Crippen LogP contribution in [-0.2, 0) is 0 Å². The molecule has 0 spiro atoms. The van der Waals surface area contributed by atoms with Crippen molar-refractivity contribution < 1.29 is 0 Å². The van der Waals surface area contributed by atoms with Crippen LogP contribution in [0.5, 0.6) is 0 Å². The Labute approximate surface area is 57.4 Å². The van der Waals surface area contributed by atoms with Crippen LogP contribution in [0, 0.1) is 0 Å². The Morgan fingerprint density at radius 3 is 2.56 bits per heavy atom. The maximum absolute atomic E-state index is 4.05. The molecule has 0 unspecified atom stereocenters. The first-order chi connectivity index (χ1) is 4.35. The summed E-state index contributed by atoms with van der Waals surface area (Å²) in [4.78, 5) is 4.05. The van der Waals surface area contributed by atoms with E-state index in [0.717, 1.165) is 12.3 Å². The molecule has 0 aliphatic carbocycles. The first-order valence-corrected chi connectivity index (χ1v) is 3.48. The van der Waals surface area contributed by atoms with Crippen LogP contribution < -0.4 is 5.32 Å². The van der Waals surface area contributed by atoms with E-state index in [1.54, 1.807) is 0 Å². The van der Waals surface area contributed by atoms with E-state index in [2.05, 4.69) is 17.2 Å². The summed E-state index contributed by atoms with van der Waals surface area (Å²) in [6.07, 6.45) is 3.55. The molecule has 1 N–H and O–H groups in total. The Balaban J connectivity index is 3.33. The van der Waals surface area contributed by atoms with E-state index < -0.39 is 0 Å². The number of nitrogens with one attached hydrogen (secondary N) is 1. The van der Waals surface area contributed by atoms with Gasteiger partial charge in [0.25, 0.3) is 0 Å². The van der Waals surface area contributed by atoms with Gasteiger partial charge in [0, 0.05) is 20.5 Å². The zero-order valence-electron chi connectivity index (χ0n) is 6.57. The fraction of sp³-hybridized carbons (Fsp3) is 0.857. The highest BCUT2D eigenvalue weighted by Gasteiger charge is 1.90. The second-order valence-electron chi connectivity index (χ2n) is 2.02. The molecule has 0 aromatic carbocycles. The van der Waals surface area contributed by atoms with Gasteiger partial charge in [-0.25, -0.2) is 0 Å². The highest BCUT2D eigenvalue weighted by Crippen LogP contribution is 1.93. The van der Waals surface area contributed by atoms with Crippen molar-refractivity contribution in [1.82, 2.24) is 5.32 Å². The summed E-state index contributed by atoms with van der Waals surface area (Å²) in [6, 6.07) is 0. The fourth-order valence-electron chi connectivity index (χ4n) is 0.693. The molecular weight excluding hydrogens is 112 g/mol. The second-order valence-corrected chi connectivity index (χ2v) is 2.02. The predicted molar refractivity (Wildman–Crippen MR) is 41.9 cm³/mol. The van der Waals surface area contributed by atoms with E-state index in [0.29, 0.717) is 0 Å². The molecule has 0 radical (unpaired) electrons. The van der Waals surface area contributed by atoms with Gasteiger partial charge in [-0.3, -0.25) is 4.99 Å². The van der Waals surface area contributed by atoms with Gasteiger partial charge >= 0.3 is 0 Å². The minimum Gasteiger partial charge on any atom is -0.377 e. The fourth-order valence-corrected chi connectivity index (χ4v) is 0.693. The maximum atomic E-state index is 4.05. The molecular formula is C7H16N2. The number of rotatable bonds is 3. The van der Waals surface area contributed by atoms with Crippen LogP contribution in [0.25, 0.3) is 0 Å². The summed E-state index contributed by atoms with van der Waals surface area (Å²) in [5, 5.41) is 3.04. The Kier molecular flexibility index (Phi) is 5.27. The standard InChI is InChI=1S/C7H16N2/c1-4-5-6-7(8-2)9-3/h4-6H2,1-3H3,(H,8,9). The van der Waals surface area contributed by atoms with Gasteiger partial charge < -0.3 is 5.32 Å². The van der Waals surface area contributed by atoms with Crippen LogP contribution in [0.4, 0.5) is 0 Å². The summed E-state index contributed by atoms with van der Waals surface area (Å²) >= 11 is 0. The smallest absolute Gasteiger partial charge is 0.0956 e. The third kappa shape index (κ3) is 4.01. The molecule has 0 bridgehead atoms. The van der Waals surface area contributed by atoms with E-state index in [1.807, 2.05) is 14.1 Å². The van der Waals surface area contributed by atoms with Crippen molar-refractivity contribution >= 4 is 5.84 Å². The minimum absolute atomic E-state index is 1.09. The van der Waals surface area contributed by atoms with E-state index >= 15 is 0 Å². The molecule has 0 heterocycles. The molecule has 0 aromatic heterocycles. The minimum atomic E-state index is 1.09. The van der Waals surface area contributed by atoms with Crippen LogP contribution in [0.3, 0.4) is 0 Å². The number of aliphatic imine (C=N–C) groups is 1. The van der Waals surface area contributed by atoms with Gasteiger partial charge in [-0.05, 0) is 6.42 Å². The summed E-state index contributed by atoms with van der Waals surface area (Å²) in [6.45, 7) is 2.18. The summed E-state index contributed by atoms with van der Waals surface area (Å²) in [5.74, 6) is 1.11. The second kappa shape index (κ2) is 5.60. The Morgan fingerprint density at radius 2 is 2.22 bits per heavy atom. The normalized spacial score (nSPS) is 11.7. The molecule has 0 atom stereocenters. The lowest BCUT2D eigenvalue weighted by Crippen LogP contribution is -2.17. The van der Waals surface area contributed by atoms with Crippen molar-refractivity contribution in [2.75, 3.05) is 14.1 Å². The van der Waals surface area contributed by atoms with Gasteiger partial charge in [-0.2, -0.15) is 0 Å². The molecule has 0 saturated heterocycles. The molecule has 0 amide bonds. The van der Waals surface area contributed by atoms with Crippen molar-refractivity contribution in [2.45, 2.75) is 26.2 Å². The highest BCUT2D eigenvalue weighted by atomic mass is 14.9. The van der Waals surface area contributed by atoms with Gasteiger partial charge in [0.05, 0.1) is 5.84 Å². The first-order valence-electron chi connectivity index (χ1n) is 3.48. The van der Waals surface area contributed by atoms with E-state index in [9.17, 15) is 0 Å². The molecule has 0 saturated carbocycles. The van der Waals surface area contributed by atoms with Crippen molar-refractivity contribution in [3.8, 4) is 0 Å². The molecule has 0 aliphatic rings. The molecule has 9 heavy (non-hydrogen) atoms. The van der Waals surface area contributed by atoms with Crippen LogP contribution in [0.2, 0.25) is 0 Å². The van der Waals surface area contributed by atoms with Crippen molar-refractivity contribution in [3.05, 3.63) is 0 Å². The Hall–Kier alpha value is -0.530. The SMILES string of the molecule is CCCCC(=NC)NC. The summed E-state index contributed by atoms with van der Waals surface area (Å²) in [7, 11) is 3.74. The quantitative estimate of drug-likeness (QED) is 0.451. The van der Waals surface area contributed by atoms with E-state index in [-0.39, 0.29) is 0 Å². The molecule has 0 fully saturated rings. The molecule has 0 rings (SSSR count). The molecule has 54 valence electrons. The average Bonchev–Trinajstić information content (AvgIpc) is 1.91. The van der Waals surface area contributed by atoms with Crippen LogP contribution in [0.15, 0.2) is 4.99 Å². The number of hydrogen-bond donors (Lipinski definition) is 1. The lowest BCUT2D eigenvalue weighted by atomic mass is 10.2. The van der Waals surface area contributed by atoms with Crippen LogP contribution in [0.1, 0.15) is 26.2 Å². The molecule has 2 nitrogen and oxygen atoms in total. The summed E-state index contributed by atoms with van der Waals surface area (Å²) in [5.41, 5.74) is 0. The highest BCUT2D eigenvalue weighted by molar-refractivity contribution is 5.81. The van der Waals surface area contributed by atoms with Crippen LogP contribution >= 0.6 is 0 Å². The lowest BCUT2D eigenvalue weighted by Gasteiger charge is -2.01. The molecule has 0 aromatic rings. The van der Waals surface area contributed by atoms with Gasteiger partial charge in [-0.15, -0.1) is 0 Å². The molecule has 2 heteroatoms. The Bertz CT molecular complexity index is 86.9. The van der Waals surface area contributed by atoms with Gasteiger partial charge in [-0.1, -0.05) is 13.3 Å². The first kappa shape index (κ1) is 8.47. The van der Waals surface area contributed by atoms with Crippen LogP contribution in [-0.4, -0.2) is 19.9 Å². The third-order valence-electron chi connectivity index (χ3n) is 1.33.